The van der Waals surface area contributed by atoms with Crippen molar-refractivity contribution in [3.8, 4) is 0 Å². The lowest BCUT2D eigenvalue weighted by atomic mass is 10.1. The number of hydrogen-bond donors (Lipinski definition) is 2. The van der Waals surface area contributed by atoms with Crippen LogP contribution >= 0.6 is 0 Å². The molecular weight excluding hydrogens is 202 g/mol. The van der Waals surface area contributed by atoms with E-state index in [1.165, 1.54) is 0 Å². The summed E-state index contributed by atoms with van der Waals surface area (Å²) in [6.45, 7) is 0.498. The number of fused-ring (bicyclic) bond motifs is 1. The number of aromatic nitrogens is 1. The highest BCUT2D eigenvalue weighted by atomic mass is 16.5. The molecule has 1 unspecified atom stereocenters. The fourth-order valence-electron chi connectivity index (χ4n) is 1.79. The number of hydrogen-bond acceptors (Lipinski definition) is 4. The Labute approximate surface area is 94.4 Å². The molecule has 0 aliphatic heterocycles. The maximum absolute atomic E-state index is 5.51. The van der Waals surface area contributed by atoms with E-state index in [2.05, 4.69) is 16.5 Å². The Balaban J connectivity index is 2.50. The third-order valence-electron chi connectivity index (χ3n) is 2.57. The van der Waals surface area contributed by atoms with Crippen LogP contribution < -0.4 is 11.3 Å². The normalized spacial score (nSPS) is 12.9. The molecule has 0 fully saturated rings. The van der Waals surface area contributed by atoms with Gasteiger partial charge in [-0.2, -0.15) is 0 Å². The molecule has 0 saturated carbocycles. The van der Waals surface area contributed by atoms with Crippen LogP contribution in [0.5, 0.6) is 0 Å². The summed E-state index contributed by atoms with van der Waals surface area (Å²) in [6.07, 6.45) is 1.79. The van der Waals surface area contributed by atoms with Gasteiger partial charge in [0, 0.05) is 18.7 Å². The highest BCUT2D eigenvalue weighted by molar-refractivity contribution is 5.84. The fourth-order valence-corrected chi connectivity index (χ4v) is 1.79. The Kier molecular flexibility index (Phi) is 3.46. The van der Waals surface area contributed by atoms with Crippen molar-refractivity contribution in [3.63, 3.8) is 0 Å². The van der Waals surface area contributed by atoms with Gasteiger partial charge in [0.15, 0.2) is 0 Å². The van der Waals surface area contributed by atoms with Crippen LogP contribution in [0, 0.1) is 0 Å². The fraction of sp³-hybridized carbons (Fsp3) is 0.250. The van der Waals surface area contributed by atoms with Gasteiger partial charge in [-0.1, -0.05) is 24.3 Å². The van der Waals surface area contributed by atoms with Crippen LogP contribution in [-0.4, -0.2) is 18.7 Å². The quantitative estimate of drug-likeness (QED) is 0.600. The number of ether oxygens (including phenoxy) is 1. The molecule has 0 saturated heterocycles. The molecule has 0 amide bonds. The zero-order valence-corrected chi connectivity index (χ0v) is 9.18. The summed E-state index contributed by atoms with van der Waals surface area (Å²) in [6, 6.07) is 10.00. The van der Waals surface area contributed by atoms with Crippen LogP contribution in [0.4, 0.5) is 0 Å². The van der Waals surface area contributed by atoms with Gasteiger partial charge in [0.2, 0.25) is 0 Å². The van der Waals surface area contributed by atoms with E-state index in [9.17, 15) is 0 Å². The van der Waals surface area contributed by atoms with Gasteiger partial charge in [0.25, 0.3) is 0 Å². The largest absolute Gasteiger partial charge is 0.383 e. The summed E-state index contributed by atoms with van der Waals surface area (Å²) in [5.41, 5.74) is 3.64. The van der Waals surface area contributed by atoms with E-state index >= 15 is 0 Å². The SMILES string of the molecule is COCC(NN)c1nccc2ccccc12. The molecule has 0 spiro atoms. The molecule has 3 N–H and O–H groups in total. The minimum absolute atomic E-state index is 0.0869. The zero-order chi connectivity index (χ0) is 11.4. The maximum atomic E-state index is 5.51. The number of nitrogens with one attached hydrogen (secondary N) is 1. The zero-order valence-electron chi connectivity index (χ0n) is 9.18. The van der Waals surface area contributed by atoms with Crippen LogP contribution in [0.3, 0.4) is 0 Å². The lowest BCUT2D eigenvalue weighted by Crippen LogP contribution is -2.31. The van der Waals surface area contributed by atoms with Crippen molar-refractivity contribution in [1.29, 1.82) is 0 Å². The summed E-state index contributed by atoms with van der Waals surface area (Å²) in [5.74, 6) is 5.51. The van der Waals surface area contributed by atoms with Crippen LogP contribution in [0.2, 0.25) is 0 Å². The summed E-state index contributed by atoms with van der Waals surface area (Å²) in [4.78, 5) is 4.37. The predicted molar refractivity (Wildman–Crippen MR) is 63.7 cm³/mol. The average molecular weight is 217 g/mol. The monoisotopic (exact) mass is 217 g/mol. The lowest BCUT2D eigenvalue weighted by molar-refractivity contribution is 0.166. The number of benzene rings is 1. The topological polar surface area (TPSA) is 60.2 Å². The smallest absolute Gasteiger partial charge is 0.0871 e. The third-order valence-corrected chi connectivity index (χ3v) is 2.57. The number of methoxy groups -OCH3 is 1. The van der Waals surface area contributed by atoms with Gasteiger partial charge in [0.05, 0.1) is 18.3 Å². The van der Waals surface area contributed by atoms with E-state index in [0.29, 0.717) is 6.61 Å². The third kappa shape index (κ3) is 2.04. The molecule has 0 aliphatic carbocycles. The van der Waals surface area contributed by atoms with E-state index in [4.69, 9.17) is 10.6 Å². The van der Waals surface area contributed by atoms with Gasteiger partial charge < -0.3 is 4.74 Å². The molecule has 84 valence electrons. The molecule has 1 aromatic heterocycles. The first kappa shape index (κ1) is 11.0. The molecule has 2 aromatic rings. The molecule has 0 radical (unpaired) electrons. The number of pyridine rings is 1. The van der Waals surface area contributed by atoms with Crippen LogP contribution in [0.15, 0.2) is 36.5 Å². The Bertz CT molecular complexity index is 467. The number of rotatable bonds is 4. The second-order valence-electron chi connectivity index (χ2n) is 3.59. The van der Waals surface area contributed by atoms with Crippen LogP contribution in [0.25, 0.3) is 10.8 Å². The lowest BCUT2D eigenvalue weighted by Gasteiger charge is -2.16. The Morgan fingerprint density at radius 2 is 2.19 bits per heavy atom. The first-order valence-corrected chi connectivity index (χ1v) is 5.15. The Hall–Kier alpha value is -1.49. The van der Waals surface area contributed by atoms with Crippen molar-refractivity contribution in [3.05, 3.63) is 42.2 Å². The van der Waals surface area contributed by atoms with E-state index in [-0.39, 0.29) is 6.04 Å². The maximum Gasteiger partial charge on any atom is 0.0871 e. The molecule has 4 heteroatoms. The van der Waals surface area contributed by atoms with Gasteiger partial charge in [-0.15, -0.1) is 0 Å². The van der Waals surface area contributed by atoms with E-state index in [0.717, 1.165) is 16.5 Å². The van der Waals surface area contributed by atoms with Gasteiger partial charge in [0.1, 0.15) is 0 Å². The van der Waals surface area contributed by atoms with Crippen molar-refractivity contribution in [2.75, 3.05) is 13.7 Å². The second kappa shape index (κ2) is 5.03. The minimum atomic E-state index is -0.0869. The number of hydrazine groups is 1. The van der Waals surface area contributed by atoms with Crippen LogP contribution in [-0.2, 0) is 4.74 Å². The molecule has 1 atom stereocenters. The highest BCUT2D eigenvalue weighted by Crippen LogP contribution is 2.21. The first-order chi connectivity index (χ1) is 7.86. The Morgan fingerprint density at radius 1 is 1.38 bits per heavy atom. The summed E-state index contributed by atoms with van der Waals surface area (Å²) < 4.78 is 5.12. The van der Waals surface area contributed by atoms with E-state index < -0.39 is 0 Å². The number of nitrogens with zero attached hydrogens (tertiary/aromatic N) is 1. The van der Waals surface area contributed by atoms with Gasteiger partial charge in [-0.3, -0.25) is 10.8 Å². The Morgan fingerprint density at radius 3 is 2.94 bits per heavy atom. The van der Waals surface area contributed by atoms with Crippen LogP contribution in [0.1, 0.15) is 11.7 Å². The summed E-state index contributed by atoms with van der Waals surface area (Å²) in [5, 5.41) is 2.26. The predicted octanol–water partition coefficient (Wildman–Crippen LogP) is 1.39. The van der Waals surface area contributed by atoms with Crippen molar-refractivity contribution >= 4 is 10.8 Å². The first-order valence-electron chi connectivity index (χ1n) is 5.15. The molecule has 16 heavy (non-hydrogen) atoms. The highest BCUT2D eigenvalue weighted by Gasteiger charge is 2.13. The van der Waals surface area contributed by atoms with Crippen molar-refractivity contribution < 1.29 is 4.74 Å². The molecule has 1 heterocycles. The number of nitrogens with two attached hydrogens (primary N) is 1. The molecule has 0 bridgehead atoms. The van der Waals surface area contributed by atoms with Gasteiger partial charge in [-0.05, 0) is 11.5 Å². The van der Waals surface area contributed by atoms with Crippen molar-refractivity contribution in [1.82, 2.24) is 10.4 Å². The molecular formula is C12H15N3O. The summed E-state index contributed by atoms with van der Waals surface area (Å²) in [7, 11) is 1.65. The standard InChI is InChI=1S/C12H15N3O/c1-16-8-11(15-13)12-10-5-3-2-4-9(10)6-7-14-12/h2-7,11,15H,8,13H2,1H3. The molecule has 0 aliphatic rings. The average Bonchev–Trinajstić information content (AvgIpc) is 2.35. The molecule has 1 aromatic carbocycles. The van der Waals surface area contributed by atoms with E-state index in [1.807, 2.05) is 24.3 Å². The second-order valence-corrected chi connectivity index (χ2v) is 3.59. The van der Waals surface area contributed by atoms with Gasteiger partial charge in [-0.25, -0.2) is 5.43 Å². The molecule has 2 rings (SSSR count). The summed E-state index contributed by atoms with van der Waals surface area (Å²) >= 11 is 0. The van der Waals surface area contributed by atoms with Gasteiger partial charge >= 0.3 is 0 Å². The molecule has 4 nitrogen and oxygen atoms in total. The van der Waals surface area contributed by atoms with Crippen molar-refractivity contribution in [2.45, 2.75) is 6.04 Å². The minimum Gasteiger partial charge on any atom is -0.383 e. The van der Waals surface area contributed by atoms with Crippen molar-refractivity contribution in [2.24, 2.45) is 5.84 Å². The van der Waals surface area contributed by atoms with E-state index in [1.54, 1.807) is 13.3 Å².